The highest BCUT2D eigenvalue weighted by Gasteiger charge is 2.39. The SMILES string of the molecule is CN(C(=O)NCC(F)(F)F)C1(CN)CCCC1. The van der Waals surface area contributed by atoms with Gasteiger partial charge in [0.2, 0.25) is 0 Å². The lowest BCUT2D eigenvalue weighted by Crippen LogP contribution is -2.56. The Labute approximate surface area is 98.3 Å². The van der Waals surface area contributed by atoms with Crippen molar-refractivity contribution in [3.63, 3.8) is 0 Å². The van der Waals surface area contributed by atoms with Crippen LogP contribution in [0.25, 0.3) is 0 Å². The Morgan fingerprint density at radius 3 is 2.35 bits per heavy atom. The van der Waals surface area contributed by atoms with E-state index in [0.717, 1.165) is 25.7 Å². The van der Waals surface area contributed by atoms with E-state index in [2.05, 4.69) is 0 Å². The van der Waals surface area contributed by atoms with Crippen LogP contribution in [0.3, 0.4) is 0 Å². The molecule has 100 valence electrons. The number of nitrogens with one attached hydrogen (secondary N) is 1. The number of nitrogens with two attached hydrogens (primary N) is 1. The highest BCUT2D eigenvalue weighted by atomic mass is 19.4. The van der Waals surface area contributed by atoms with Crippen LogP contribution in [0.15, 0.2) is 0 Å². The minimum atomic E-state index is -4.39. The second-order valence-electron chi connectivity index (χ2n) is 4.47. The van der Waals surface area contributed by atoms with Crippen molar-refractivity contribution in [2.24, 2.45) is 5.73 Å². The van der Waals surface area contributed by atoms with Gasteiger partial charge in [-0.25, -0.2) is 4.79 Å². The minimum Gasteiger partial charge on any atom is -0.329 e. The van der Waals surface area contributed by atoms with E-state index >= 15 is 0 Å². The molecule has 0 aromatic rings. The van der Waals surface area contributed by atoms with Crippen LogP contribution >= 0.6 is 0 Å². The summed E-state index contributed by atoms with van der Waals surface area (Å²) in [6.45, 7) is -1.03. The zero-order valence-corrected chi connectivity index (χ0v) is 9.81. The van der Waals surface area contributed by atoms with Gasteiger partial charge in [-0.2, -0.15) is 13.2 Å². The van der Waals surface area contributed by atoms with Gasteiger partial charge in [0.05, 0.1) is 5.54 Å². The van der Waals surface area contributed by atoms with Crippen molar-refractivity contribution in [3.8, 4) is 0 Å². The van der Waals surface area contributed by atoms with E-state index < -0.39 is 24.3 Å². The van der Waals surface area contributed by atoms with Crippen LogP contribution in [0, 0.1) is 0 Å². The van der Waals surface area contributed by atoms with E-state index in [9.17, 15) is 18.0 Å². The van der Waals surface area contributed by atoms with Crippen molar-refractivity contribution in [1.29, 1.82) is 0 Å². The maximum atomic E-state index is 12.0. The number of likely N-dealkylation sites (N-methyl/N-ethyl adjacent to an activating group) is 1. The Balaban J connectivity index is 2.56. The molecule has 1 fully saturated rings. The molecule has 0 atom stereocenters. The Hall–Kier alpha value is -0.980. The number of rotatable bonds is 3. The summed E-state index contributed by atoms with van der Waals surface area (Å²) < 4.78 is 35.9. The van der Waals surface area contributed by atoms with Gasteiger partial charge in [-0.3, -0.25) is 0 Å². The number of alkyl halides is 3. The summed E-state index contributed by atoms with van der Waals surface area (Å²) in [7, 11) is 1.50. The summed E-state index contributed by atoms with van der Waals surface area (Å²) in [5.41, 5.74) is 5.17. The van der Waals surface area contributed by atoms with Gasteiger partial charge in [0.15, 0.2) is 0 Å². The average Bonchev–Trinajstić information content (AvgIpc) is 2.73. The van der Waals surface area contributed by atoms with Gasteiger partial charge in [-0.15, -0.1) is 0 Å². The third-order valence-corrected chi connectivity index (χ3v) is 3.37. The number of carbonyl (C=O) groups excluding carboxylic acids is 1. The molecule has 0 radical (unpaired) electrons. The molecule has 0 spiro atoms. The van der Waals surface area contributed by atoms with Crippen LogP contribution in [0.5, 0.6) is 0 Å². The zero-order valence-electron chi connectivity index (χ0n) is 9.81. The van der Waals surface area contributed by atoms with Crippen molar-refractivity contribution in [2.45, 2.75) is 37.4 Å². The molecule has 4 nitrogen and oxygen atoms in total. The molecule has 2 amide bonds. The average molecular weight is 253 g/mol. The molecule has 0 aliphatic heterocycles. The largest absolute Gasteiger partial charge is 0.405 e. The molecule has 3 N–H and O–H groups in total. The number of hydrogen-bond donors (Lipinski definition) is 2. The van der Waals surface area contributed by atoms with Crippen molar-refractivity contribution in [2.75, 3.05) is 20.1 Å². The summed E-state index contributed by atoms with van der Waals surface area (Å²) >= 11 is 0. The second kappa shape index (κ2) is 5.12. The fourth-order valence-corrected chi connectivity index (χ4v) is 2.22. The minimum absolute atomic E-state index is 0.281. The molecule has 0 aromatic heterocycles. The van der Waals surface area contributed by atoms with E-state index in [1.165, 1.54) is 11.9 Å². The summed E-state index contributed by atoms with van der Waals surface area (Å²) in [5.74, 6) is 0. The molecular weight excluding hydrogens is 235 g/mol. The van der Waals surface area contributed by atoms with Crippen LogP contribution in [-0.2, 0) is 0 Å². The van der Waals surface area contributed by atoms with Gasteiger partial charge in [0.1, 0.15) is 6.54 Å². The molecule has 0 bridgehead atoms. The van der Waals surface area contributed by atoms with Gasteiger partial charge in [0, 0.05) is 13.6 Å². The zero-order chi connectivity index (χ0) is 13.1. The van der Waals surface area contributed by atoms with Crippen LogP contribution in [0.1, 0.15) is 25.7 Å². The normalized spacial score (nSPS) is 19.1. The Kier molecular flexibility index (Phi) is 4.24. The van der Waals surface area contributed by atoms with Gasteiger partial charge in [-0.05, 0) is 12.8 Å². The first-order valence-electron chi connectivity index (χ1n) is 5.59. The summed E-state index contributed by atoms with van der Waals surface area (Å²) in [6, 6.07) is -0.713. The second-order valence-corrected chi connectivity index (χ2v) is 4.47. The fraction of sp³-hybridized carbons (Fsp3) is 0.900. The van der Waals surface area contributed by atoms with Crippen molar-refractivity contribution in [1.82, 2.24) is 10.2 Å². The van der Waals surface area contributed by atoms with E-state index in [-0.39, 0.29) is 6.54 Å². The van der Waals surface area contributed by atoms with E-state index in [1.54, 1.807) is 0 Å². The van der Waals surface area contributed by atoms with Crippen molar-refractivity contribution >= 4 is 6.03 Å². The Morgan fingerprint density at radius 2 is 1.94 bits per heavy atom. The van der Waals surface area contributed by atoms with Gasteiger partial charge in [0.25, 0.3) is 0 Å². The van der Waals surface area contributed by atoms with E-state index in [0.29, 0.717) is 0 Å². The number of amides is 2. The maximum Gasteiger partial charge on any atom is 0.405 e. The number of carbonyl (C=O) groups is 1. The molecule has 1 aliphatic carbocycles. The molecule has 1 aliphatic rings. The molecule has 17 heavy (non-hydrogen) atoms. The number of nitrogens with zero attached hydrogens (tertiary/aromatic N) is 1. The lowest BCUT2D eigenvalue weighted by atomic mass is 9.96. The molecule has 0 saturated heterocycles. The molecule has 7 heteroatoms. The highest BCUT2D eigenvalue weighted by molar-refractivity contribution is 5.75. The fourth-order valence-electron chi connectivity index (χ4n) is 2.22. The number of hydrogen-bond acceptors (Lipinski definition) is 2. The third-order valence-electron chi connectivity index (χ3n) is 3.37. The molecular formula is C10H18F3N3O. The molecule has 1 saturated carbocycles. The Bertz CT molecular complexity index is 274. The first-order valence-corrected chi connectivity index (χ1v) is 5.59. The summed E-state index contributed by atoms with van der Waals surface area (Å²) in [5, 5.41) is 1.86. The number of halogens is 3. The topological polar surface area (TPSA) is 58.4 Å². The lowest BCUT2D eigenvalue weighted by molar-refractivity contribution is -0.123. The Morgan fingerprint density at radius 1 is 1.41 bits per heavy atom. The standard InChI is InChI=1S/C10H18F3N3O/c1-16(8(17)15-7-10(11,12)13)9(6-14)4-2-3-5-9/h2-7,14H2,1H3,(H,15,17). The van der Waals surface area contributed by atoms with Gasteiger partial charge < -0.3 is 16.0 Å². The predicted molar refractivity (Wildman–Crippen MR) is 57.5 cm³/mol. The summed E-state index contributed by atoms with van der Waals surface area (Å²) in [4.78, 5) is 12.9. The third kappa shape index (κ3) is 3.49. The monoisotopic (exact) mass is 253 g/mol. The lowest BCUT2D eigenvalue weighted by Gasteiger charge is -2.37. The first kappa shape index (κ1) is 14.1. The molecule has 1 rings (SSSR count). The number of urea groups is 1. The van der Waals surface area contributed by atoms with Crippen LogP contribution in [0.4, 0.5) is 18.0 Å². The maximum absolute atomic E-state index is 12.0. The van der Waals surface area contributed by atoms with Crippen LogP contribution in [-0.4, -0.2) is 42.8 Å². The van der Waals surface area contributed by atoms with Crippen LogP contribution < -0.4 is 11.1 Å². The van der Waals surface area contributed by atoms with E-state index in [4.69, 9.17) is 5.73 Å². The smallest absolute Gasteiger partial charge is 0.329 e. The predicted octanol–water partition coefficient (Wildman–Crippen LogP) is 1.46. The molecule has 0 heterocycles. The van der Waals surface area contributed by atoms with E-state index in [1.807, 2.05) is 5.32 Å². The van der Waals surface area contributed by atoms with Gasteiger partial charge in [-0.1, -0.05) is 12.8 Å². The van der Waals surface area contributed by atoms with Crippen molar-refractivity contribution in [3.05, 3.63) is 0 Å². The molecule has 0 aromatic carbocycles. The van der Waals surface area contributed by atoms with Crippen LogP contribution in [0.2, 0.25) is 0 Å². The highest BCUT2D eigenvalue weighted by Crippen LogP contribution is 2.33. The quantitative estimate of drug-likeness (QED) is 0.800. The summed E-state index contributed by atoms with van der Waals surface area (Å²) in [6.07, 6.45) is -0.983. The van der Waals surface area contributed by atoms with Gasteiger partial charge >= 0.3 is 12.2 Å². The van der Waals surface area contributed by atoms with Crippen molar-refractivity contribution < 1.29 is 18.0 Å². The molecule has 0 unspecified atom stereocenters. The first-order chi connectivity index (χ1) is 7.81.